The topological polar surface area (TPSA) is 39.7 Å². The zero-order chi connectivity index (χ0) is 12.8. The van der Waals surface area contributed by atoms with Gasteiger partial charge in [-0.2, -0.15) is 0 Å². The van der Waals surface area contributed by atoms with Crippen LogP contribution < -0.4 is 10.6 Å². The molecule has 0 aromatic heterocycles. The van der Waals surface area contributed by atoms with Crippen LogP contribution >= 0.6 is 0 Å². The molecule has 1 saturated heterocycles. The molecule has 0 aromatic rings. The highest BCUT2D eigenvalue weighted by Crippen LogP contribution is 2.18. The summed E-state index contributed by atoms with van der Waals surface area (Å²) in [6.45, 7) is 6.48. The summed E-state index contributed by atoms with van der Waals surface area (Å²) in [5.74, 6) is 1.77. The first kappa shape index (κ1) is 13.7. The van der Waals surface area contributed by atoms with Crippen molar-refractivity contribution in [2.45, 2.75) is 45.1 Å². The molecule has 0 spiro atoms. The highest BCUT2D eigenvalue weighted by Gasteiger charge is 2.20. The van der Waals surface area contributed by atoms with Gasteiger partial charge in [-0.3, -0.25) is 4.99 Å². The quantitative estimate of drug-likeness (QED) is 0.587. The Labute approximate surface area is 111 Å². The van der Waals surface area contributed by atoms with E-state index in [1.54, 1.807) is 0 Å². The summed E-state index contributed by atoms with van der Waals surface area (Å²) in [5.41, 5.74) is 0. The molecule has 4 heteroatoms. The third-order valence-corrected chi connectivity index (χ3v) is 4.04. The first-order valence-corrected chi connectivity index (χ1v) is 7.51. The summed E-state index contributed by atoms with van der Waals surface area (Å²) < 4.78 is 0. The molecule has 1 heterocycles. The van der Waals surface area contributed by atoms with Crippen molar-refractivity contribution >= 4 is 5.96 Å². The van der Waals surface area contributed by atoms with Crippen LogP contribution in [0.1, 0.15) is 39.0 Å². The molecule has 0 radical (unpaired) electrons. The van der Waals surface area contributed by atoms with Crippen molar-refractivity contribution in [1.82, 2.24) is 15.5 Å². The molecule has 1 saturated carbocycles. The fourth-order valence-corrected chi connectivity index (χ4v) is 2.98. The van der Waals surface area contributed by atoms with Crippen LogP contribution in [0.15, 0.2) is 4.99 Å². The van der Waals surface area contributed by atoms with Crippen molar-refractivity contribution < 1.29 is 0 Å². The number of rotatable bonds is 4. The average Bonchev–Trinajstić information content (AvgIpc) is 2.98. The molecule has 2 fully saturated rings. The molecule has 2 N–H and O–H groups in total. The van der Waals surface area contributed by atoms with E-state index in [4.69, 9.17) is 4.99 Å². The van der Waals surface area contributed by atoms with Gasteiger partial charge in [0.25, 0.3) is 0 Å². The second-order valence-corrected chi connectivity index (χ2v) is 5.76. The molecule has 1 unspecified atom stereocenters. The maximum absolute atomic E-state index is 4.76. The number of guanidine groups is 1. The molecule has 0 aromatic carbocycles. The molecule has 1 aliphatic heterocycles. The number of nitrogens with zero attached hydrogens (tertiary/aromatic N) is 2. The summed E-state index contributed by atoms with van der Waals surface area (Å²) in [6, 6.07) is 0.647. The van der Waals surface area contributed by atoms with Crippen LogP contribution in [-0.2, 0) is 0 Å². The van der Waals surface area contributed by atoms with Gasteiger partial charge in [0, 0.05) is 25.7 Å². The van der Waals surface area contributed by atoms with Gasteiger partial charge in [0.2, 0.25) is 0 Å². The van der Waals surface area contributed by atoms with Gasteiger partial charge < -0.3 is 15.5 Å². The Kier molecular flexibility index (Phi) is 5.29. The van der Waals surface area contributed by atoms with Crippen LogP contribution in [-0.4, -0.2) is 50.1 Å². The molecule has 2 rings (SSSR count). The van der Waals surface area contributed by atoms with Crippen LogP contribution in [0.25, 0.3) is 0 Å². The molecule has 18 heavy (non-hydrogen) atoms. The predicted molar refractivity (Wildman–Crippen MR) is 77.0 cm³/mol. The second-order valence-electron chi connectivity index (χ2n) is 5.76. The van der Waals surface area contributed by atoms with Crippen LogP contribution in [0.5, 0.6) is 0 Å². The van der Waals surface area contributed by atoms with Crippen molar-refractivity contribution in [2.24, 2.45) is 10.9 Å². The molecular weight excluding hydrogens is 224 g/mol. The van der Waals surface area contributed by atoms with Gasteiger partial charge in [-0.1, -0.05) is 12.8 Å². The highest BCUT2D eigenvalue weighted by atomic mass is 15.2. The van der Waals surface area contributed by atoms with Gasteiger partial charge >= 0.3 is 0 Å². The van der Waals surface area contributed by atoms with Crippen LogP contribution in [0, 0.1) is 5.92 Å². The Balaban J connectivity index is 1.79. The summed E-state index contributed by atoms with van der Waals surface area (Å²) in [7, 11) is 2.20. The average molecular weight is 252 g/mol. The van der Waals surface area contributed by atoms with E-state index >= 15 is 0 Å². The maximum Gasteiger partial charge on any atom is 0.191 e. The largest absolute Gasteiger partial charge is 0.357 e. The van der Waals surface area contributed by atoms with Gasteiger partial charge in [-0.15, -0.1) is 0 Å². The molecule has 0 bridgehead atoms. The fraction of sp³-hybridized carbons (Fsp3) is 0.929. The van der Waals surface area contributed by atoms with E-state index in [0.29, 0.717) is 6.04 Å². The Morgan fingerprint density at radius 3 is 2.67 bits per heavy atom. The minimum absolute atomic E-state index is 0.647. The van der Waals surface area contributed by atoms with Crippen LogP contribution in [0.4, 0.5) is 0 Å². The smallest absolute Gasteiger partial charge is 0.191 e. The van der Waals surface area contributed by atoms with Crippen molar-refractivity contribution in [3.05, 3.63) is 0 Å². The first-order chi connectivity index (χ1) is 8.78. The van der Waals surface area contributed by atoms with E-state index in [1.165, 1.54) is 45.2 Å². The third-order valence-electron chi connectivity index (χ3n) is 4.04. The van der Waals surface area contributed by atoms with Crippen molar-refractivity contribution in [1.29, 1.82) is 0 Å². The fourth-order valence-electron chi connectivity index (χ4n) is 2.98. The number of likely N-dealkylation sites (tertiary alicyclic amines) is 1. The molecule has 1 aliphatic carbocycles. The third kappa shape index (κ3) is 4.16. The van der Waals surface area contributed by atoms with Crippen LogP contribution in [0.3, 0.4) is 0 Å². The Morgan fingerprint density at radius 2 is 2.06 bits per heavy atom. The SMILES string of the molecule is CCNC(=NCC1CCN(C)C1)NC1CCCC1. The molecule has 104 valence electrons. The lowest BCUT2D eigenvalue weighted by molar-refractivity contribution is 0.397. The molecular formula is C14H28N4. The lowest BCUT2D eigenvalue weighted by Crippen LogP contribution is -2.42. The molecule has 2 aliphatic rings. The predicted octanol–water partition coefficient (Wildman–Crippen LogP) is 1.44. The lowest BCUT2D eigenvalue weighted by Gasteiger charge is -2.17. The minimum Gasteiger partial charge on any atom is -0.357 e. The van der Waals surface area contributed by atoms with Gasteiger partial charge in [-0.05, 0) is 45.7 Å². The van der Waals surface area contributed by atoms with Crippen molar-refractivity contribution in [3.8, 4) is 0 Å². The maximum atomic E-state index is 4.76. The van der Waals surface area contributed by atoms with Gasteiger partial charge in [0.1, 0.15) is 0 Å². The normalized spacial score (nSPS) is 26.8. The summed E-state index contributed by atoms with van der Waals surface area (Å²) >= 11 is 0. The highest BCUT2D eigenvalue weighted by molar-refractivity contribution is 5.80. The number of hydrogen-bond acceptors (Lipinski definition) is 2. The van der Waals surface area contributed by atoms with Gasteiger partial charge in [-0.25, -0.2) is 0 Å². The van der Waals surface area contributed by atoms with E-state index in [0.717, 1.165) is 25.0 Å². The van der Waals surface area contributed by atoms with E-state index in [-0.39, 0.29) is 0 Å². The van der Waals surface area contributed by atoms with E-state index in [2.05, 4.69) is 29.5 Å². The zero-order valence-electron chi connectivity index (χ0n) is 11.9. The molecule has 4 nitrogen and oxygen atoms in total. The van der Waals surface area contributed by atoms with Crippen molar-refractivity contribution in [3.63, 3.8) is 0 Å². The number of hydrogen-bond donors (Lipinski definition) is 2. The number of aliphatic imine (C=N–C) groups is 1. The Morgan fingerprint density at radius 1 is 1.28 bits per heavy atom. The monoisotopic (exact) mass is 252 g/mol. The van der Waals surface area contributed by atoms with Gasteiger partial charge in [0.05, 0.1) is 0 Å². The van der Waals surface area contributed by atoms with E-state index in [9.17, 15) is 0 Å². The second kappa shape index (κ2) is 6.98. The van der Waals surface area contributed by atoms with Crippen molar-refractivity contribution in [2.75, 3.05) is 33.2 Å². The standard InChI is InChI=1S/C14H28N4/c1-3-15-14(17-13-6-4-5-7-13)16-10-12-8-9-18(2)11-12/h12-13H,3-11H2,1-2H3,(H2,15,16,17). The zero-order valence-corrected chi connectivity index (χ0v) is 11.9. The Bertz CT molecular complexity index is 271. The molecule has 0 amide bonds. The molecule has 1 atom stereocenters. The van der Waals surface area contributed by atoms with E-state index in [1.807, 2.05) is 0 Å². The van der Waals surface area contributed by atoms with Crippen LogP contribution in [0.2, 0.25) is 0 Å². The minimum atomic E-state index is 0.647. The summed E-state index contributed by atoms with van der Waals surface area (Å²) in [6.07, 6.45) is 6.63. The first-order valence-electron chi connectivity index (χ1n) is 7.51. The van der Waals surface area contributed by atoms with Gasteiger partial charge in [0.15, 0.2) is 5.96 Å². The number of nitrogens with one attached hydrogen (secondary N) is 2. The summed E-state index contributed by atoms with van der Waals surface area (Å²) in [4.78, 5) is 7.16. The Hall–Kier alpha value is -0.770. The summed E-state index contributed by atoms with van der Waals surface area (Å²) in [5, 5.41) is 6.95. The van der Waals surface area contributed by atoms with E-state index < -0.39 is 0 Å². The lowest BCUT2D eigenvalue weighted by atomic mass is 10.1.